The lowest BCUT2D eigenvalue weighted by atomic mass is 9.86. The highest BCUT2D eigenvalue weighted by atomic mass is 35.5. The summed E-state index contributed by atoms with van der Waals surface area (Å²) in [5.41, 5.74) is 0.706. The van der Waals surface area contributed by atoms with E-state index in [2.05, 4.69) is 0 Å². The maximum absolute atomic E-state index is 13.3. The third kappa shape index (κ3) is 2.47. The van der Waals surface area contributed by atoms with E-state index < -0.39 is 5.66 Å². The Kier molecular flexibility index (Phi) is 3.89. The van der Waals surface area contributed by atoms with Crippen LogP contribution >= 0.6 is 11.6 Å². The molecule has 3 aromatic rings. The Morgan fingerprint density at radius 3 is 2.69 bits per heavy atom. The largest absolute Gasteiger partial charge is 0.618 e. The molecule has 0 saturated carbocycles. The predicted molar refractivity (Wildman–Crippen MR) is 103 cm³/mol. The first-order chi connectivity index (χ1) is 14.0. The standard InChI is InChI=1S/C21H16ClN3O4/c22-16-5-3-15(4-6-16)21-12-18-17(2-1-8-25(18)28)20(27)24(21)10-9-23(21)19(26)14-7-11-29-13-14/h1-8,11,13H,9-10,12H2. The molecule has 1 saturated heterocycles. The van der Waals surface area contributed by atoms with E-state index in [0.717, 1.165) is 5.56 Å². The second-order valence-corrected chi connectivity index (χ2v) is 7.56. The van der Waals surface area contributed by atoms with Crippen LogP contribution in [0.2, 0.25) is 5.02 Å². The molecular formula is C21H16ClN3O4. The van der Waals surface area contributed by atoms with Gasteiger partial charge in [-0.25, -0.2) is 0 Å². The first-order valence-corrected chi connectivity index (χ1v) is 9.53. The van der Waals surface area contributed by atoms with Gasteiger partial charge in [0, 0.05) is 24.2 Å². The van der Waals surface area contributed by atoms with Crippen LogP contribution in [0.1, 0.15) is 32.0 Å². The molecule has 0 radical (unpaired) electrons. The number of pyridine rings is 1. The van der Waals surface area contributed by atoms with Gasteiger partial charge in [-0.05, 0) is 29.8 Å². The molecule has 29 heavy (non-hydrogen) atoms. The van der Waals surface area contributed by atoms with Crippen LogP contribution in [0.25, 0.3) is 0 Å². The van der Waals surface area contributed by atoms with Gasteiger partial charge in [-0.1, -0.05) is 23.7 Å². The van der Waals surface area contributed by atoms with Gasteiger partial charge in [-0.15, -0.1) is 0 Å². The van der Waals surface area contributed by atoms with Crippen molar-refractivity contribution < 1.29 is 18.7 Å². The van der Waals surface area contributed by atoms with Crippen LogP contribution in [0.15, 0.2) is 65.6 Å². The zero-order valence-corrected chi connectivity index (χ0v) is 16.0. The van der Waals surface area contributed by atoms with E-state index in [4.69, 9.17) is 16.0 Å². The molecule has 4 heterocycles. The predicted octanol–water partition coefficient (Wildman–Crippen LogP) is 2.57. The number of amides is 2. The van der Waals surface area contributed by atoms with Gasteiger partial charge < -0.3 is 19.4 Å². The van der Waals surface area contributed by atoms with Crippen LogP contribution < -0.4 is 4.73 Å². The molecule has 0 bridgehead atoms. The molecule has 146 valence electrons. The third-order valence-corrected chi connectivity index (χ3v) is 5.96. The molecule has 0 N–H and O–H groups in total. The highest BCUT2D eigenvalue weighted by molar-refractivity contribution is 6.30. The average Bonchev–Trinajstić information content (AvgIpc) is 3.38. The Bertz CT molecular complexity index is 1110. The van der Waals surface area contributed by atoms with Crippen molar-refractivity contribution in [1.82, 2.24) is 9.80 Å². The summed E-state index contributed by atoms with van der Waals surface area (Å²) in [7, 11) is 0. The van der Waals surface area contributed by atoms with Gasteiger partial charge in [0.2, 0.25) is 5.69 Å². The topological polar surface area (TPSA) is 80.7 Å². The number of halogens is 1. The van der Waals surface area contributed by atoms with Gasteiger partial charge >= 0.3 is 0 Å². The van der Waals surface area contributed by atoms with Gasteiger partial charge in [-0.2, -0.15) is 4.73 Å². The van der Waals surface area contributed by atoms with Crippen LogP contribution in [0.5, 0.6) is 0 Å². The number of nitrogens with zero attached hydrogens (tertiary/aromatic N) is 3. The van der Waals surface area contributed by atoms with Crippen LogP contribution in [0, 0.1) is 5.21 Å². The number of furan rings is 1. The maximum atomic E-state index is 13.3. The molecule has 7 nitrogen and oxygen atoms in total. The Labute approximate surface area is 171 Å². The quantitative estimate of drug-likeness (QED) is 0.481. The summed E-state index contributed by atoms with van der Waals surface area (Å²) in [6.07, 6.45) is 4.37. The number of aromatic nitrogens is 1. The first-order valence-electron chi connectivity index (χ1n) is 9.15. The van der Waals surface area contributed by atoms with Crippen LogP contribution in [-0.2, 0) is 12.1 Å². The minimum Gasteiger partial charge on any atom is -0.618 e. The molecule has 1 atom stereocenters. The third-order valence-electron chi connectivity index (χ3n) is 5.71. The molecule has 0 spiro atoms. The molecular weight excluding hydrogens is 394 g/mol. The molecule has 2 aromatic heterocycles. The van der Waals surface area contributed by atoms with E-state index in [-0.39, 0.29) is 18.2 Å². The number of fused-ring (bicyclic) bond motifs is 2. The van der Waals surface area contributed by atoms with E-state index in [1.165, 1.54) is 18.7 Å². The lowest BCUT2D eigenvalue weighted by molar-refractivity contribution is -0.615. The molecule has 1 fully saturated rings. The maximum Gasteiger partial charge on any atom is 0.262 e. The van der Waals surface area contributed by atoms with Crippen molar-refractivity contribution in [1.29, 1.82) is 0 Å². The SMILES string of the molecule is O=C(c1ccoc1)N1CCN2C(=O)c3ccc[n+]([O-])c3CC12c1ccc(Cl)cc1. The number of hydrogen-bond donors (Lipinski definition) is 0. The van der Waals surface area contributed by atoms with E-state index >= 15 is 0 Å². The number of carbonyl (C=O) groups excluding carboxylic acids is 2. The van der Waals surface area contributed by atoms with E-state index in [0.29, 0.717) is 39.7 Å². The Morgan fingerprint density at radius 1 is 1.17 bits per heavy atom. The van der Waals surface area contributed by atoms with Crippen LogP contribution in [0.3, 0.4) is 0 Å². The highest BCUT2D eigenvalue weighted by Crippen LogP contribution is 2.44. The summed E-state index contributed by atoms with van der Waals surface area (Å²) in [5, 5.41) is 13.1. The highest BCUT2D eigenvalue weighted by Gasteiger charge is 2.58. The monoisotopic (exact) mass is 409 g/mol. The number of carbonyl (C=O) groups is 2. The summed E-state index contributed by atoms with van der Waals surface area (Å²) < 4.78 is 5.79. The first kappa shape index (κ1) is 17.8. The Morgan fingerprint density at radius 2 is 1.97 bits per heavy atom. The van der Waals surface area contributed by atoms with Crippen molar-refractivity contribution in [3.63, 3.8) is 0 Å². The molecule has 1 aromatic carbocycles. The van der Waals surface area contributed by atoms with Gasteiger partial charge in [0.15, 0.2) is 11.9 Å². The molecule has 2 aliphatic rings. The minimum atomic E-state index is -1.11. The van der Waals surface area contributed by atoms with E-state index in [9.17, 15) is 14.8 Å². The van der Waals surface area contributed by atoms with Gasteiger partial charge in [0.25, 0.3) is 11.8 Å². The Balaban J connectivity index is 1.73. The Hall–Kier alpha value is -3.32. The van der Waals surface area contributed by atoms with Crippen molar-refractivity contribution in [3.8, 4) is 0 Å². The molecule has 0 aliphatic carbocycles. The van der Waals surface area contributed by atoms with Gasteiger partial charge in [-0.3, -0.25) is 9.59 Å². The number of hydrogen-bond acceptors (Lipinski definition) is 4. The lowest BCUT2D eigenvalue weighted by Gasteiger charge is -2.46. The molecule has 5 rings (SSSR count). The summed E-state index contributed by atoms with van der Waals surface area (Å²) in [4.78, 5) is 30.0. The lowest BCUT2D eigenvalue weighted by Crippen LogP contribution is -2.60. The molecule has 2 aliphatic heterocycles. The molecule has 8 heteroatoms. The molecule has 1 unspecified atom stereocenters. The van der Waals surface area contributed by atoms with Crippen molar-refractivity contribution in [2.75, 3.05) is 13.1 Å². The minimum absolute atomic E-state index is 0.184. The fourth-order valence-corrected chi connectivity index (χ4v) is 4.51. The van der Waals surface area contributed by atoms with Crippen molar-refractivity contribution in [2.24, 2.45) is 0 Å². The number of rotatable bonds is 2. The summed E-state index contributed by atoms with van der Waals surface area (Å²) in [6, 6.07) is 11.8. The zero-order chi connectivity index (χ0) is 20.2. The van der Waals surface area contributed by atoms with Crippen LogP contribution in [-0.4, -0.2) is 34.7 Å². The fraction of sp³-hybridized carbons (Fsp3) is 0.190. The summed E-state index contributed by atoms with van der Waals surface area (Å²) in [6.45, 7) is 0.698. The van der Waals surface area contributed by atoms with Gasteiger partial charge in [0.05, 0.1) is 18.2 Å². The zero-order valence-electron chi connectivity index (χ0n) is 15.2. The second kappa shape index (κ2) is 6.35. The smallest absolute Gasteiger partial charge is 0.262 e. The van der Waals surface area contributed by atoms with E-state index in [1.807, 2.05) is 0 Å². The van der Waals surface area contributed by atoms with Gasteiger partial charge in [0.1, 0.15) is 11.8 Å². The number of benzene rings is 1. The molecule has 2 amide bonds. The van der Waals surface area contributed by atoms with Crippen LogP contribution in [0.4, 0.5) is 0 Å². The fourth-order valence-electron chi connectivity index (χ4n) is 4.39. The second-order valence-electron chi connectivity index (χ2n) is 7.12. The van der Waals surface area contributed by atoms with Crippen molar-refractivity contribution in [2.45, 2.75) is 12.1 Å². The summed E-state index contributed by atoms with van der Waals surface area (Å²) >= 11 is 6.08. The normalized spacial score (nSPS) is 20.5. The average molecular weight is 410 g/mol. The van der Waals surface area contributed by atoms with E-state index in [1.54, 1.807) is 52.3 Å². The van der Waals surface area contributed by atoms with Crippen molar-refractivity contribution in [3.05, 3.63) is 93.8 Å². The van der Waals surface area contributed by atoms with Crippen molar-refractivity contribution >= 4 is 23.4 Å². The summed E-state index contributed by atoms with van der Waals surface area (Å²) in [5.74, 6) is -0.533.